The second kappa shape index (κ2) is 8.34. The first-order valence-electron chi connectivity index (χ1n) is 6.87. The molecule has 0 spiro atoms. The lowest BCUT2D eigenvalue weighted by Crippen LogP contribution is -2.49. The standard InChI is InChI=1S/C9H15N3S.C5H10O2/c1-8-6-10-2-4-12(8)7-9-11-3-5-13-9;1-5(2,3)7-4-6/h3,5,8,10H,2,4,6-7H2,1H3;4H,1-3H3. The maximum atomic E-state index is 9.60. The maximum absolute atomic E-state index is 9.60. The fraction of sp³-hybridized carbons (Fsp3) is 0.714. The Morgan fingerprint density at radius 2 is 2.35 bits per heavy atom. The van der Waals surface area contributed by atoms with Crippen molar-refractivity contribution in [1.29, 1.82) is 0 Å². The van der Waals surface area contributed by atoms with Gasteiger partial charge in [0, 0.05) is 37.3 Å². The van der Waals surface area contributed by atoms with Crippen molar-refractivity contribution in [2.45, 2.75) is 45.9 Å². The minimum Gasteiger partial charge on any atom is -0.462 e. The highest BCUT2D eigenvalue weighted by molar-refractivity contribution is 7.09. The lowest BCUT2D eigenvalue weighted by Gasteiger charge is -2.33. The number of aromatic nitrogens is 1. The third-order valence-electron chi connectivity index (χ3n) is 2.86. The molecule has 0 aromatic carbocycles. The summed E-state index contributed by atoms with van der Waals surface area (Å²) in [4.78, 5) is 16.4. The van der Waals surface area contributed by atoms with E-state index in [-0.39, 0.29) is 5.60 Å². The highest BCUT2D eigenvalue weighted by Gasteiger charge is 2.18. The van der Waals surface area contributed by atoms with Crippen molar-refractivity contribution in [3.63, 3.8) is 0 Å². The number of nitrogens with zero attached hydrogens (tertiary/aromatic N) is 2. The van der Waals surface area contributed by atoms with Crippen molar-refractivity contribution in [3.8, 4) is 0 Å². The molecule has 0 aliphatic carbocycles. The number of carbonyl (C=O) groups excluding carboxylic acids is 1. The van der Waals surface area contributed by atoms with E-state index < -0.39 is 0 Å². The average Bonchev–Trinajstić information content (AvgIpc) is 2.84. The van der Waals surface area contributed by atoms with Crippen LogP contribution in [-0.4, -0.2) is 47.6 Å². The van der Waals surface area contributed by atoms with Gasteiger partial charge in [-0.15, -0.1) is 11.3 Å². The molecule has 1 aliphatic heterocycles. The molecular weight excluding hydrogens is 274 g/mol. The van der Waals surface area contributed by atoms with Gasteiger partial charge < -0.3 is 10.1 Å². The smallest absolute Gasteiger partial charge is 0.293 e. The van der Waals surface area contributed by atoms with Crippen LogP contribution in [0.5, 0.6) is 0 Å². The van der Waals surface area contributed by atoms with E-state index in [0.717, 1.165) is 26.2 Å². The fourth-order valence-corrected chi connectivity index (χ4v) is 2.41. The molecule has 1 aromatic rings. The first kappa shape index (κ1) is 17.1. The molecule has 1 aromatic heterocycles. The van der Waals surface area contributed by atoms with Crippen LogP contribution in [0.4, 0.5) is 0 Å². The van der Waals surface area contributed by atoms with Gasteiger partial charge in [0.25, 0.3) is 6.47 Å². The quantitative estimate of drug-likeness (QED) is 0.864. The van der Waals surface area contributed by atoms with E-state index in [4.69, 9.17) is 0 Å². The van der Waals surface area contributed by atoms with Gasteiger partial charge in [-0.1, -0.05) is 0 Å². The van der Waals surface area contributed by atoms with Crippen LogP contribution < -0.4 is 5.32 Å². The molecule has 1 fully saturated rings. The normalized spacial score (nSPS) is 19.9. The summed E-state index contributed by atoms with van der Waals surface area (Å²) in [5, 5.41) is 6.66. The van der Waals surface area contributed by atoms with E-state index >= 15 is 0 Å². The Morgan fingerprint density at radius 1 is 1.60 bits per heavy atom. The summed E-state index contributed by atoms with van der Waals surface area (Å²) < 4.78 is 4.55. The monoisotopic (exact) mass is 299 g/mol. The number of ether oxygens (including phenoxy) is 1. The van der Waals surface area contributed by atoms with E-state index in [1.165, 1.54) is 5.01 Å². The second-order valence-electron chi connectivity index (χ2n) is 5.78. The zero-order valence-corrected chi connectivity index (χ0v) is 13.6. The molecule has 2 heterocycles. The Labute approximate surface area is 125 Å². The van der Waals surface area contributed by atoms with Gasteiger partial charge in [-0.25, -0.2) is 4.98 Å². The molecule has 0 bridgehead atoms. The van der Waals surface area contributed by atoms with Crippen LogP contribution in [0.1, 0.15) is 32.7 Å². The molecule has 114 valence electrons. The molecule has 20 heavy (non-hydrogen) atoms. The summed E-state index contributed by atoms with van der Waals surface area (Å²) in [5.41, 5.74) is -0.318. The SMILES string of the molecule is CC(C)(C)OC=O.CC1CNCCN1Cc1nccs1. The number of piperazine rings is 1. The van der Waals surface area contributed by atoms with E-state index in [1.54, 1.807) is 11.3 Å². The molecule has 2 rings (SSSR count). The Morgan fingerprint density at radius 3 is 2.80 bits per heavy atom. The topological polar surface area (TPSA) is 54.5 Å². The van der Waals surface area contributed by atoms with Crippen molar-refractivity contribution in [2.75, 3.05) is 19.6 Å². The summed E-state index contributed by atoms with van der Waals surface area (Å²) in [6.07, 6.45) is 1.88. The number of thiazole rings is 1. The van der Waals surface area contributed by atoms with Crippen LogP contribution in [0.15, 0.2) is 11.6 Å². The lowest BCUT2D eigenvalue weighted by molar-refractivity contribution is -0.138. The molecular formula is C14H25N3O2S. The van der Waals surface area contributed by atoms with Crippen molar-refractivity contribution in [2.24, 2.45) is 0 Å². The zero-order chi connectivity index (χ0) is 15.0. The minimum atomic E-state index is -0.318. The summed E-state index contributed by atoms with van der Waals surface area (Å²) in [6.45, 7) is 12.5. The zero-order valence-electron chi connectivity index (χ0n) is 12.8. The number of carbonyl (C=O) groups is 1. The van der Waals surface area contributed by atoms with Gasteiger partial charge in [0.1, 0.15) is 10.6 Å². The van der Waals surface area contributed by atoms with Crippen LogP contribution in [0.3, 0.4) is 0 Å². The van der Waals surface area contributed by atoms with Crippen molar-refractivity contribution < 1.29 is 9.53 Å². The largest absolute Gasteiger partial charge is 0.462 e. The molecule has 1 saturated heterocycles. The van der Waals surface area contributed by atoms with Gasteiger partial charge in [0.05, 0.1) is 6.54 Å². The van der Waals surface area contributed by atoms with Crippen molar-refractivity contribution in [1.82, 2.24) is 15.2 Å². The van der Waals surface area contributed by atoms with Gasteiger partial charge in [0.2, 0.25) is 0 Å². The molecule has 1 N–H and O–H groups in total. The average molecular weight is 299 g/mol. The number of hydrogen-bond donors (Lipinski definition) is 1. The van der Waals surface area contributed by atoms with Gasteiger partial charge in [-0.05, 0) is 27.7 Å². The van der Waals surface area contributed by atoms with Crippen LogP contribution in [0.2, 0.25) is 0 Å². The lowest BCUT2D eigenvalue weighted by atomic mass is 10.2. The van der Waals surface area contributed by atoms with Crippen LogP contribution >= 0.6 is 11.3 Å². The van der Waals surface area contributed by atoms with Gasteiger partial charge >= 0.3 is 0 Å². The molecule has 0 saturated carbocycles. The van der Waals surface area contributed by atoms with Gasteiger partial charge in [0.15, 0.2) is 0 Å². The minimum absolute atomic E-state index is 0.318. The molecule has 0 radical (unpaired) electrons. The Kier molecular flexibility index (Phi) is 7.12. The first-order valence-corrected chi connectivity index (χ1v) is 7.75. The predicted molar refractivity (Wildman–Crippen MR) is 81.8 cm³/mol. The number of rotatable bonds is 3. The Hall–Kier alpha value is -0.980. The predicted octanol–water partition coefficient (Wildman–Crippen LogP) is 1.89. The molecule has 6 heteroatoms. The summed E-state index contributed by atoms with van der Waals surface area (Å²) in [6, 6.07) is 0.637. The highest BCUT2D eigenvalue weighted by atomic mass is 32.1. The van der Waals surface area contributed by atoms with E-state index in [0.29, 0.717) is 12.5 Å². The first-order chi connectivity index (χ1) is 9.42. The number of hydrogen-bond acceptors (Lipinski definition) is 6. The van der Waals surface area contributed by atoms with Gasteiger partial charge in [-0.2, -0.15) is 0 Å². The van der Waals surface area contributed by atoms with Crippen LogP contribution in [0, 0.1) is 0 Å². The van der Waals surface area contributed by atoms with E-state index in [9.17, 15) is 4.79 Å². The molecule has 0 amide bonds. The molecule has 5 nitrogen and oxygen atoms in total. The summed E-state index contributed by atoms with van der Waals surface area (Å²) in [7, 11) is 0. The molecule has 1 atom stereocenters. The Balaban J connectivity index is 0.000000246. The van der Waals surface area contributed by atoms with E-state index in [1.807, 2.05) is 32.3 Å². The summed E-state index contributed by atoms with van der Waals surface area (Å²) >= 11 is 1.75. The maximum Gasteiger partial charge on any atom is 0.293 e. The second-order valence-corrected chi connectivity index (χ2v) is 6.76. The van der Waals surface area contributed by atoms with Crippen LogP contribution in [0.25, 0.3) is 0 Å². The van der Waals surface area contributed by atoms with Crippen molar-refractivity contribution >= 4 is 17.8 Å². The number of nitrogens with one attached hydrogen (secondary N) is 1. The van der Waals surface area contributed by atoms with Crippen LogP contribution in [-0.2, 0) is 16.1 Å². The molecule has 1 unspecified atom stereocenters. The third-order valence-corrected chi connectivity index (χ3v) is 3.63. The summed E-state index contributed by atoms with van der Waals surface area (Å²) in [5.74, 6) is 0. The Bertz CT molecular complexity index is 376. The third kappa shape index (κ3) is 6.98. The fourth-order valence-electron chi connectivity index (χ4n) is 1.77. The van der Waals surface area contributed by atoms with Crippen molar-refractivity contribution in [3.05, 3.63) is 16.6 Å². The molecule has 1 aliphatic rings. The van der Waals surface area contributed by atoms with Gasteiger partial charge in [-0.3, -0.25) is 9.69 Å². The van der Waals surface area contributed by atoms with E-state index in [2.05, 4.69) is 26.9 Å². The highest BCUT2D eigenvalue weighted by Crippen LogP contribution is 2.11.